The maximum absolute atomic E-state index is 13.1. The van der Waals surface area contributed by atoms with Crippen LogP contribution in [0.2, 0.25) is 0 Å². The third-order valence-corrected chi connectivity index (χ3v) is 2.91. The van der Waals surface area contributed by atoms with Crippen LogP contribution in [-0.4, -0.2) is 10.8 Å². The number of rotatable bonds is 5. The van der Waals surface area contributed by atoms with Gasteiger partial charge in [-0.1, -0.05) is 0 Å². The zero-order valence-electron chi connectivity index (χ0n) is 11.2. The normalized spacial score (nSPS) is 10.3. The Morgan fingerprint density at radius 3 is 2.36 bits per heavy atom. The Hall–Kier alpha value is -3.03. The van der Waals surface area contributed by atoms with Crippen LogP contribution in [0, 0.1) is 21.7 Å². The van der Waals surface area contributed by atoms with Crippen molar-refractivity contribution in [2.24, 2.45) is 5.73 Å². The molecule has 6 nitrogen and oxygen atoms in total. The molecule has 0 radical (unpaired) electrons. The van der Waals surface area contributed by atoms with Crippen LogP contribution < -0.4 is 11.1 Å². The third kappa shape index (κ3) is 3.54. The SMILES string of the molecule is NC(=O)c1ccc(CNc2cc(F)cc(F)c2)c([N+](=O)[O-])c1. The van der Waals surface area contributed by atoms with Gasteiger partial charge in [0.05, 0.1) is 4.92 Å². The van der Waals surface area contributed by atoms with Crippen LogP contribution in [0.4, 0.5) is 20.2 Å². The van der Waals surface area contributed by atoms with E-state index in [-0.39, 0.29) is 29.0 Å². The molecule has 0 saturated carbocycles. The third-order valence-electron chi connectivity index (χ3n) is 2.91. The van der Waals surface area contributed by atoms with Gasteiger partial charge in [-0.25, -0.2) is 8.78 Å². The molecule has 2 rings (SSSR count). The molecule has 0 spiro atoms. The van der Waals surface area contributed by atoms with Crippen LogP contribution in [0.5, 0.6) is 0 Å². The number of anilines is 1. The number of benzene rings is 2. The topological polar surface area (TPSA) is 98.3 Å². The van der Waals surface area contributed by atoms with Crippen molar-refractivity contribution in [2.75, 3.05) is 5.32 Å². The summed E-state index contributed by atoms with van der Waals surface area (Å²) >= 11 is 0. The van der Waals surface area contributed by atoms with E-state index >= 15 is 0 Å². The second-order valence-corrected chi connectivity index (χ2v) is 4.48. The van der Waals surface area contributed by atoms with Crippen LogP contribution in [-0.2, 0) is 6.54 Å². The van der Waals surface area contributed by atoms with E-state index in [4.69, 9.17) is 5.73 Å². The van der Waals surface area contributed by atoms with Crippen molar-refractivity contribution in [2.45, 2.75) is 6.54 Å². The summed E-state index contributed by atoms with van der Waals surface area (Å²) in [6, 6.07) is 6.61. The van der Waals surface area contributed by atoms with Crippen molar-refractivity contribution in [3.05, 3.63) is 69.3 Å². The van der Waals surface area contributed by atoms with E-state index in [0.29, 0.717) is 0 Å². The highest BCUT2D eigenvalue weighted by atomic mass is 19.1. The summed E-state index contributed by atoms with van der Waals surface area (Å²) in [5.74, 6) is -2.31. The van der Waals surface area contributed by atoms with Crippen LogP contribution in [0.1, 0.15) is 15.9 Å². The van der Waals surface area contributed by atoms with Gasteiger partial charge in [-0.3, -0.25) is 14.9 Å². The summed E-state index contributed by atoms with van der Waals surface area (Å²) < 4.78 is 26.1. The number of nitrogens with two attached hydrogens (primary N) is 1. The molecule has 22 heavy (non-hydrogen) atoms. The first-order chi connectivity index (χ1) is 10.4. The van der Waals surface area contributed by atoms with Crippen molar-refractivity contribution in [1.82, 2.24) is 0 Å². The summed E-state index contributed by atoms with van der Waals surface area (Å²) in [4.78, 5) is 21.4. The molecule has 114 valence electrons. The molecule has 0 heterocycles. The molecule has 0 atom stereocenters. The summed E-state index contributed by atoms with van der Waals surface area (Å²) in [7, 11) is 0. The largest absolute Gasteiger partial charge is 0.381 e. The molecule has 2 aromatic carbocycles. The lowest BCUT2D eigenvalue weighted by atomic mass is 10.1. The van der Waals surface area contributed by atoms with Crippen molar-refractivity contribution >= 4 is 17.3 Å². The smallest absolute Gasteiger partial charge is 0.275 e. The van der Waals surface area contributed by atoms with E-state index in [1.54, 1.807) is 0 Å². The van der Waals surface area contributed by atoms with Crippen LogP contribution >= 0.6 is 0 Å². The fourth-order valence-electron chi connectivity index (χ4n) is 1.89. The number of hydrogen-bond donors (Lipinski definition) is 2. The molecule has 2 aromatic rings. The molecule has 0 aliphatic carbocycles. The molecule has 0 aromatic heterocycles. The molecule has 1 amide bonds. The predicted octanol–water partition coefficient (Wildman–Crippen LogP) is 2.58. The van der Waals surface area contributed by atoms with Crippen molar-refractivity contribution < 1.29 is 18.5 Å². The van der Waals surface area contributed by atoms with Crippen molar-refractivity contribution in [3.63, 3.8) is 0 Å². The number of nitro groups is 1. The van der Waals surface area contributed by atoms with Gasteiger partial charge in [0.2, 0.25) is 5.91 Å². The lowest BCUT2D eigenvalue weighted by Gasteiger charge is -2.08. The molecule has 3 N–H and O–H groups in total. The Balaban J connectivity index is 2.25. The van der Waals surface area contributed by atoms with Crippen molar-refractivity contribution in [1.29, 1.82) is 0 Å². The zero-order chi connectivity index (χ0) is 16.3. The average Bonchev–Trinajstić information content (AvgIpc) is 2.43. The number of halogens is 2. The highest BCUT2D eigenvalue weighted by molar-refractivity contribution is 5.93. The van der Waals surface area contributed by atoms with Gasteiger partial charge in [-0.05, 0) is 24.3 Å². The number of carbonyl (C=O) groups excluding carboxylic acids is 1. The van der Waals surface area contributed by atoms with Crippen LogP contribution in [0.25, 0.3) is 0 Å². The predicted molar refractivity (Wildman–Crippen MR) is 75.3 cm³/mol. The average molecular weight is 307 g/mol. The molecule has 0 fully saturated rings. The number of nitrogens with one attached hydrogen (secondary N) is 1. The van der Waals surface area contributed by atoms with E-state index < -0.39 is 22.5 Å². The summed E-state index contributed by atoms with van der Waals surface area (Å²) in [5.41, 5.74) is 5.17. The highest BCUT2D eigenvalue weighted by Crippen LogP contribution is 2.22. The van der Waals surface area contributed by atoms with Gasteiger partial charge >= 0.3 is 0 Å². The molecule has 8 heteroatoms. The fourth-order valence-corrected chi connectivity index (χ4v) is 1.89. The van der Waals surface area contributed by atoms with Gasteiger partial charge in [0.15, 0.2) is 0 Å². The Morgan fingerprint density at radius 2 is 1.82 bits per heavy atom. The first-order valence-electron chi connectivity index (χ1n) is 6.14. The molecular formula is C14H11F2N3O3. The number of nitro benzene ring substituents is 1. The Morgan fingerprint density at radius 1 is 1.18 bits per heavy atom. The Bertz CT molecular complexity index is 730. The number of primary amides is 1. The zero-order valence-corrected chi connectivity index (χ0v) is 11.2. The Labute approximate surface area is 123 Å². The van der Waals surface area contributed by atoms with Gasteiger partial charge < -0.3 is 11.1 Å². The quantitative estimate of drug-likeness (QED) is 0.655. The molecule has 0 bridgehead atoms. The lowest BCUT2D eigenvalue weighted by molar-refractivity contribution is -0.385. The minimum Gasteiger partial charge on any atom is -0.381 e. The standard InChI is InChI=1S/C14H11F2N3O3/c15-10-4-11(16)6-12(5-10)18-7-9-2-1-8(14(17)20)3-13(9)19(21)22/h1-6,18H,7H2,(H2,17,20). The second-order valence-electron chi connectivity index (χ2n) is 4.48. The number of nitrogens with zero attached hydrogens (tertiary/aromatic N) is 1. The van der Waals surface area contributed by atoms with Gasteiger partial charge in [0.25, 0.3) is 5.69 Å². The van der Waals surface area contributed by atoms with E-state index in [9.17, 15) is 23.7 Å². The lowest BCUT2D eigenvalue weighted by Crippen LogP contribution is -2.12. The van der Waals surface area contributed by atoms with E-state index in [1.165, 1.54) is 12.1 Å². The van der Waals surface area contributed by atoms with Crippen LogP contribution in [0.15, 0.2) is 36.4 Å². The molecule has 0 aliphatic heterocycles. The minimum atomic E-state index is -0.783. The monoisotopic (exact) mass is 307 g/mol. The van der Waals surface area contributed by atoms with E-state index in [0.717, 1.165) is 24.3 Å². The summed E-state index contributed by atoms with van der Waals surface area (Å²) in [6.45, 7) is -0.0434. The van der Waals surface area contributed by atoms with Crippen molar-refractivity contribution in [3.8, 4) is 0 Å². The molecular weight excluding hydrogens is 296 g/mol. The molecule has 0 saturated heterocycles. The number of carbonyl (C=O) groups is 1. The number of hydrogen-bond acceptors (Lipinski definition) is 4. The Kier molecular flexibility index (Phi) is 4.31. The van der Waals surface area contributed by atoms with Gasteiger partial charge in [-0.2, -0.15) is 0 Å². The van der Waals surface area contributed by atoms with Gasteiger partial charge in [0, 0.05) is 35.5 Å². The highest BCUT2D eigenvalue weighted by Gasteiger charge is 2.16. The molecule has 0 unspecified atom stereocenters. The van der Waals surface area contributed by atoms with Gasteiger partial charge in [-0.15, -0.1) is 0 Å². The fraction of sp³-hybridized carbons (Fsp3) is 0.0714. The number of amides is 1. The van der Waals surface area contributed by atoms with Gasteiger partial charge in [0.1, 0.15) is 11.6 Å². The first-order valence-corrected chi connectivity index (χ1v) is 6.14. The maximum atomic E-state index is 13.1. The summed E-state index contributed by atoms with van der Waals surface area (Å²) in [6.07, 6.45) is 0. The van der Waals surface area contributed by atoms with E-state index in [2.05, 4.69) is 5.32 Å². The maximum Gasteiger partial charge on any atom is 0.275 e. The summed E-state index contributed by atoms with van der Waals surface area (Å²) in [5, 5.41) is 13.7. The van der Waals surface area contributed by atoms with Crippen LogP contribution in [0.3, 0.4) is 0 Å². The second kappa shape index (κ2) is 6.17. The molecule has 0 aliphatic rings. The van der Waals surface area contributed by atoms with E-state index in [1.807, 2.05) is 0 Å². The first kappa shape index (κ1) is 15.4. The minimum absolute atomic E-state index is 0.00671.